The minimum Gasteiger partial charge on any atom is -0.333 e. The molecule has 1 aromatic carbocycles. The number of amides is 2. The van der Waals surface area contributed by atoms with Crippen LogP contribution in [0.15, 0.2) is 47.8 Å². The van der Waals surface area contributed by atoms with Gasteiger partial charge in [-0.3, -0.25) is 9.59 Å². The van der Waals surface area contributed by atoms with E-state index in [0.717, 1.165) is 16.9 Å². The number of hydrogen-bond acceptors (Lipinski definition) is 3. The van der Waals surface area contributed by atoms with Crippen molar-refractivity contribution in [3.8, 4) is 0 Å². The zero-order chi connectivity index (χ0) is 20.4. The molecule has 0 saturated carbocycles. The number of alkyl halides is 1. The smallest absolute Gasteiger partial charge is 0.242 e. The summed E-state index contributed by atoms with van der Waals surface area (Å²) in [6.45, 7) is 5.94. The molecule has 0 fully saturated rings. The Morgan fingerprint density at radius 3 is 2.39 bits per heavy atom. The van der Waals surface area contributed by atoms with Gasteiger partial charge in [-0.2, -0.15) is 0 Å². The first-order chi connectivity index (χ1) is 13.5. The fourth-order valence-electron chi connectivity index (χ4n) is 2.89. The second kappa shape index (κ2) is 11.9. The highest BCUT2D eigenvalue weighted by Gasteiger charge is 2.23. The van der Waals surface area contributed by atoms with Gasteiger partial charge in [-0.05, 0) is 22.9 Å². The van der Waals surface area contributed by atoms with Crippen LogP contribution in [0.2, 0.25) is 0 Å². The number of nitrogens with zero attached hydrogens (tertiary/aromatic N) is 2. The van der Waals surface area contributed by atoms with Gasteiger partial charge in [-0.1, -0.05) is 56.7 Å². The molecule has 0 aliphatic carbocycles. The van der Waals surface area contributed by atoms with Crippen molar-refractivity contribution < 1.29 is 9.59 Å². The van der Waals surface area contributed by atoms with Gasteiger partial charge in [-0.25, -0.2) is 0 Å². The van der Waals surface area contributed by atoms with E-state index < -0.39 is 0 Å². The van der Waals surface area contributed by atoms with E-state index in [1.807, 2.05) is 52.7 Å². The lowest BCUT2D eigenvalue weighted by Crippen LogP contribution is -2.44. The lowest BCUT2D eigenvalue weighted by Gasteiger charge is -2.29. The summed E-state index contributed by atoms with van der Waals surface area (Å²) in [5.74, 6) is 0.516. The maximum absolute atomic E-state index is 13.2. The molecule has 0 aliphatic heterocycles. The van der Waals surface area contributed by atoms with Gasteiger partial charge in [0.2, 0.25) is 11.8 Å². The Morgan fingerprint density at radius 2 is 1.79 bits per heavy atom. The Bertz CT molecular complexity index is 721. The van der Waals surface area contributed by atoms with Crippen LogP contribution in [0.25, 0.3) is 0 Å². The van der Waals surface area contributed by atoms with Gasteiger partial charge in [0.15, 0.2) is 0 Å². The number of rotatable bonds is 11. The fraction of sp³-hybridized carbons (Fsp3) is 0.455. The van der Waals surface area contributed by atoms with Crippen LogP contribution in [0.1, 0.15) is 37.1 Å². The van der Waals surface area contributed by atoms with Crippen molar-refractivity contribution in [2.24, 2.45) is 5.92 Å². The molecule has 1 atom stereocenters. The first-order valence-corrected chi connectivity index (χ1v) is 11.1. The second-order valence-corrected chi connectivity index (χ2v) is 8.45. The third kappa shape index (κ3) is 7.28. The topological polar surface area (TPSA) is 40.6 Å². The van der Waals surface area contributed by atoms with Gasteiger partial charge >= 0.3 is 0 Å². The molecular formula is C22H29ClN2O2S. The van der Waals surface area contributed by atoms with E-state index in [9.17, 15) is 9.59 Å². The average Bonchev–Trinajstić information content (AvgIpc) is 3.21. The molecule has 2 amide bonds. The van der Waals surface area contributed by atoms with Gasteiger partial charge in [0.05, 0.1) is 13.1 Å². The molecule has 4 nitrogen and oxygen atoms in total. The number of carbonyl (C=O) groups excluding carboxylic acids is 2. The number of carbonyl (C=O) groups is 2. The molecule has 0 radical (unpaired) electrons. The largest absolute Gasteiger partial charge is 0.333 e. The summed E-state index contributed by atoms with van der Waals surface area (Å²) in [6.07, 6.45) is 1.22. The first kappa shape index (κ1) is 22.4. The van der Waals surface area contributed by atoms with Crippen molar-refractivity contribution in [2.75, 3.05) is 19.0 Å². The molecule has 0 unspecified atom stereocenters. The van der Waals surface area contributed by atoms with Crippen molar-refractivity contribution in [1.29, 1.82) is 0 Å². The zero-order valence-corrected chi connectivity index (χ0v) is 18.2. The lowest BCUT2D eigenvalue weighted by atomic mass is 10.1. The van der Waals surface area contributed by atoms with Crippen LogP contribution < -0.4 is 0 Å². The van der Waals surface area contributed by atoms with Gasteiger partial charge < -0.3 is 9.80 Å². The van der Waals surface area contributed by atoms with E-state index in [2.05, 4.69) is 13.8 Å². The molecular weight excluding hydrogens is 392 g/mol. The number of thiophene rings is 1. The summed E-state index contributed by atoms with van der Waals surface area (Å²) in [5.41, 5.74) is 1.08. The second-order valence-electron chi connectivity index (χ2n) is 7.04. The highest BCUT2D eigenvalue weighted by molar-refractivity contribution is 7.09. The monoisotopic (exact) mass is 420 g/mol. The van der Waals surface area contributed by atoms with Gasteiger partial charge in [-0.15, -0.1) is 22.9 Å². The van der Waals surface area contributed by atoms with E-state index in [4.69, 9.17) is 11.6 Å². The quantitative estimate of drug-likeness (QED) is 0.491. The maximum Gasteiger partial charge on any atom is 0.242 e. The Morgan fingerprint density at radius 1 is 1.04 bits per heavy atom. The van der Waals surface area contributed by atoms with E-state index in [0.29, 0.717) is 25.6 Å². The van der Waals surface area contributed by atoms with Crippen molar-refractivity contribution in [1.82, 2.24) is 9.80 Å². The van der Waals surface area contributed by atoms with Gasteiger partial charge in [0.25, 0.3) is 0 Å². The Labute approximate surface area is 177 Å². The Balaban J connectivity index is 2.14. The van der Waals surface area contributed by atoms with E-state index in [1.165, 1.54) is 0 Å². The molecule has 0 spiro atoms. The maximum atomic E-state index is 13.2. The molecule has 2 aromatic rings. The summed E-state index contributed by atoms with van der Waals surface area (Å²) < 4.78 is 0. The number of hydrogen-bond donors (Lipinski definition) is 0. The third-order valence-corrected chi connectivity index (χ3v) is 5.76. The predicted octanol–water partition coefficient (Wildman–Crippen LogP) is 4.78. The summed E-state index contributed by atoms with van der Waals surface area (Å²) in [5, 5.41) is 2.01. The van der Waals surface area contributed by atoms with Crippen molar-refractivity contribution in [2.45, 2.75) is 39.8 Å². The minimum absolute atomic E-state index is 0.0384. The predicted molar refractivity (Wildman–Crippen MR) is 116 cm³/mol. The van der Waals surface area contributed by atoms with Gasteiger partial charge in [0.1, 0.15) is 0 Å². The van der Waals surface area contributed by atoms with Gasteiger partial charge in [0, 0.05) is 30.3 Å². The number of halogens is 1. The minimum atomic E-state index is -0.0561. The molecule has 0 aliphatic rings. The molecule has 6 heteroatoms. The molecule has 1 heterocycles. The Kier molecular flexibility index (Phi) is 9.51. The highest BCUT2D eigenvalue weighted by Crippen LogP contribution is 2.16. The molecule has 152 valence electrons. The fourth-order valence-corrected chi connectivity index (χ4v) is 3.77. The summed E-state index contributed by atoms with van der Waals surface area (Å²) in [4.78, 5) is 30.3. The Hall–Kier alpha value is -1.85. The van der Waals surface area contributed by atoms with Crippen molar-refractivity contribution >= 4 is 34.8 Å². The van der Waals surface area contributed by atoms with Crippen LogP contribution in [-0.4, -0.2) is 40.6 Å². The molecule has 1 aromatic heterocycles. The average molecular weight is 421 g/mol. The van der Waals surface area contributed by atoms with Crippen LogP contribution in [0.4, 0.5) is 0 Å². The summed E-state index contributed by atoms with van der Waals surface area (Å²) in [7, 11) is 0. The molecule has 0 saturated heterocycles. The zero-order valence-electron chi connectivity index (χ0n) is 16.6. The van der Waals surface area contributed by atoms with E-state index in [1.54, 1.807) is 16.2 Å². The van der Waals surface area contributed by atoms with Crippen LogP contribution in [0.3, 0.4) is 0 Å². The third-order valence-electron chi connectivity index (χ3n) is 4.71. The first-order valence-electron chi connectivity index (χ1n) is 9.71. The van der Waals surface area contributed by atoms with E-state index in [-0.39, 0.29) is 30.7 Å². The van der Waals surface area contributed by atoms with Crippen LogP contribution in [0, 0.1) is 5.92 Å². The highest BCUT2D eigenvalue weighted by atomic mass is 35.5. The molecule has 2 rings (SSSR count). The van der Waals surface area contributed by atoms with Crippen molar-refractivity contribution in [3.05, 3.63) is 58.3 Å². The summed E-state index contributed by atoms with van der Waals surface area (Å²) in [6, 6.07) is 14.0. The molecule has 0 bridgehead atoms. The lowest BCUT2D eigenvalue weighted by molar-refractivity contribution is -0.141. The molecule has 28 heavy (non-hydrogen) atoms. The van der Waals surface area contributed by atoms with Crippen LogP contribution >= 0.6 is 22.9 Å². The normalized spacial score (nSPS) is 11.8. The SMILES string of the molecule is CC[C@@H](C)CN(CC(=O)N(Cc1ccccc1)Cc1cccs1)C(=O)CCCl. The van der Waals surface area contributed by atoms with Crippen LogP contribution in [-0.2, 0) is 22.7 Å². The number of benzene rings is 1. The molecule has 0 N–H and O–H groups in total. The summed E-state index contributed by atoms with van der Waals surface area (Å²) >= 11 is 7.41. The van der Waals surface area contributed by atoms with Crippen LogP contribution in [0.5, 0.6) is 0 Å². The van der Waals surface area contributed by atoms with Crippen molar-refractivity contribution in [3.63, 3.8) is 0 Å². The standard InChI is InChI=1S/C22H29ClN2O2S/c1-3-18(2)14-24(21(26)11-12-23)17-22(27)25(16-20-10-7-13-28-20)15-19-8-5-4-6-9-19/h4-10,13,18H,3,11-12,14-17H2,1-2H3/t18-/m1/s1. The van der Waals surface area contributed by atoms with E-state index >= 15 is 0 Å².